The molecule has 11 nitrogen and oxygen atoms in total. The summed E-state index contributed by atoms with van der Waals surface area (Å²) in [6.45, 7) is 8.64. The zero-order valence-electron chi connectivity index (χ0n) is 43.4. The number of nitrogens with two attached hydrogens (primary N) is 3. The number of hydrogen-bond donors (Lipinski definition) is 6. The van der Waals surface area contributed by atoms with E-state index in [9.17, 15) is 14.4 Å². The molecule has 3 atom stereocenters. The van der Waals surface area contributed by atoms with Crippen molar-refractivity contribution in [3.63, 3.8) is 0 Å². The highest BCUT2D eigenvalue weighted by molar-refractivity contribution is 7.99. The molecule has 0 aromatic carbocycles. The molecule has 3 amide bonds. The van der Waals surface area contributed by atoms with Crippen LogP contribution in [0.3, 0.4) is 0 Å². The van der Waals surface area contributed by atoms with Crippen LogP contribution in [0.25, 0.3) is 0 Å². The Morgan fingerprint density at radius 2 is 0.818 bits per heavy atom. The monoisotopic (exact) mass is 955 g/mol. The molecule has 0 aromatic heterocycles. The Kier molecular flexibility index (Phi) is 51.8. The molecule has 66 heavy (non-hydrogen) atoms. The summed E-state index contributed by atoms with van der Waals surface area (Å²) in [4.78, 5) is 39.1. The Labute approximate surface area is 412 Å². The third-order valence-corrected chi connectivity index (χ3v) is 14.0. The molecule has 0 aliphatic heterocycles. The maximum absolute atomic E-state index is 13.4. The molecular weight excluding hydrogens is 845 g/mol. The second-order valence-corrected chi connectivity index (χ2v) is 20.3. The van der Waals surface area contributed by atoms with Crippen LogP contribution in [0.15, 0.2) is 0 Å². The van der Waals surface area contributed by atoms with Crippen LogP contribution in [0.1, 0.15) is 239 Å². The minimum Gasteiger partial charge on any atom is -0.379 e. The normalized spacial score (nSPS) is 12.9. The molecule has 0 aliphatic rings. The van der Waals surface area contributed by atoms with Gasteiger partial charge in [-0.1, -0.05) is 206 Å². The Bertz CT molecular complexity index is 1050. The average molecular weight is 956 g/mol. The molecule has 0 fully saturated rings. The molecule has 0 spiro atoms. The maximum atomic E-state index is 13.4. The average Bonchev–Trinajstić information content (AvgIpc) is 3.32. The Morgan fingerprint density at radius 3 is 1.23 bits per heavy atom. The first kappa shape index (κ1) is 64.6. The predicted molar refractivity (Wildman–Crippen MR) is 284 cm³/mol. The number of nitrogens with one attached hydrogen (secondary N) is 3. The highest BCUT2D eigenvalue weighted by Gasteiger charge is 2.28. The number of rotatable bonds is 54. The number of hydrogen-bond acceptors (Lipinski definition) is 9. The van der Waals surface area contributed by atoms with Gasteiger partial charge in [-0.05, 0) is 25.7 Å². The van der Waals surface area contributed by atoms with Crippen LogP contribution in [0.4, 0.5) is 0 Å². The van der Waals surface area contributed by atoms with Crippen LogP contribution in [0, 0.1) is 11.8 Å². The highest BCUT2D eigenvalue weighted by atomic mass is 32.2. The summed E-state index contributed by atoms with van der Waals surface area (Å²) in [5.74, 6) is -0.190. The van der Waals surface area contributed by atoms with Gasteiger partial charge in [0.2, 0.25) is 17.7 Å². The van der Waals surface area contributed by atoms with Crippen molar-refractivity contribution >= 4 is 29.5 Å². The van der Waals surface area contributed by atoms with E-state index in [1.807, 2.05) is 0 Å². The zero-order valence-corrected chi connectivity index (χ0v) is 44.3. The van der Waals surface area contributed by atoms with Gasteiger partial charge in [0, 0.05) is 82.2 Å². The van der Waals surface area contributed by atoms with Crippen molar-refractivity contribution in [1.29, 1.82) is 0 Å². The maximum Gasteiger partial charge on any atom is 0.224 e. The minimum atomic E-state index is -0.514. The lowest BCUT2D eigenvalue weighted by atomic mass is 9.90. The van der Waals surface area contributed by atoms with Gasteiger partial charge in [0.25, 0.3) is 0 Å². The van der Waals surface area contributed by atoms with Crippen molar-refractivity contribution in [1.82, 2.24) is 16.0 Å². The second kappa shape index (κ2) is 52.9. The Hall–Kier alpha value is -1.44. The lowest BCUT2D eigenvalue weighted by Gasteiger charge is -2.24. The molecule has 0 rings (SSSR count). The summed E-state index contributed by atoms with van der Waals surface area (Å²) in [5, 5.41) is 8.61. The van der Waals surface area contributed by atoms with Gasteiger partial charge in [0.05, 0.1) is 12.7 Å². The topological polar surface area (TPSA) is 184 Å². The van der Waals surface area contributed by atoms with Crippen molar-refractivity contribution in [2.45, 2.75) is 245 Å². The fourth-order valence-corrected chi connectivity index (χ4v) is 9.75. The number of carbonyl (C=O) groups excluding carboxylic acids is 3. The molecule has 392 valence electrons. The number of unbranched alkanes of at least 4 members (excludes halogenated alkanes) is 30. The van der Waals surface area contributed by atoms with E-state index in [0.717, 1.165) is 19.4 Å². The number of carbonyl (C=O) groups is 3. The third kappa shape index (κ3) is 45.0. The molecule has 3 unspecified atom stereocenters. The molecule has 0 saturated carbocycles. The lowest BCUT2D eigenvalue weighted by Crippen LogP contribution is -2.40. The summed E-state index contributed by atoms with van der Waals surface area (Å²) >= 11 is 1.68. The second-order valence-electron chi connectivity index (χ2n) is 19.2. The molecule has 12 heteroatoms. The Morgan fingerprint density at radius 1 is 0.455 bits per heavy atom. The van der Waals surface area contributed by atoms with Crippen molar-refractivity contribution in [2.24, 2.45) is 29.0 Å². The first-order chi connectivity index (χ1) is 32.4. The van der Waals surface area contributed by atoms with Crippen molar-refractivity contribution in [2.75, 3.05) is 70.6 Å². The summed E-state index contributed by atoms with van der Waals surface area (Å²) in [7, 11) is 0. The van der Waals surface area contributed by atoms with E-state index in [0.29, 0.717) is 76.8 Å². The van der Waals surface area contributed by atoms with E-state index in [4.69, 9.17) is 26.7 Å². The number of amides is 3. The zero-order chi connectivity index (χ0) is 48.2. The highest BCUT2D eigenvalue weighted by Crippen LogP contribution is 2.24. The van der Waals surface area contributed by atoms with Crippen molar-refractivity contribution < 1.29 is 23.9 Å². The Balaban J connectivity index is 4.92. The summed E-state index contributed by atoms with van der Waals surface area (Å²) in [5.41, 5.74) is 17.0. The van der Waals surface area contributed by atoms with Crippen LogP contribution >= 0.6 is 11.8 Å². The van der Waals surface area contributed by atoms with E-state index in [1.165, 1.54) is 193 Å². The van der Waals surface area contributed by atoms with Gasteiger partial charge < -0.3 is 42.6 Å². The predicted octanol–water partition coefficient (Wildman–Crippen LogP) is 11.3. The number of ether oxygens (including phenoxy) is 2. The molecular formula is C54H110N6O5S. The van der Waals surface area contributed by atoms with Crippen LogP contribution in [0.2, 0.25) is 0 Å². The van der Waals surface area contributed by atoms with Gasteiger partial charge in [-0.15, -0.1) is 0 Å². The SMILES string of the molecule is CCCCCCCCCCCCCCCCCCOCC(CSCC(CC(CCC(=O)NCCN)C(=O)NCCN)C(=O)NCCN)OCCCCCCCCCCCCCCCCCC. The minimum absolute atomic E-state index is 0.0740. The lowest BCUT2D eigenvalue weighted by molar-refractivity contribution is -0.128. The fourth-order valence-electron chi connectivity index (χ4n) is 8.59. The van der Waals surface area contributed by atoms with Crippen molar-refractivity contribution in [3.8, 4) is 0 Å². The van der Waals surface area contributed by atoms with Crippen LogP contribution in [0.5, 0.6) is 0 Å². The smallest absolute Gasteiger partial charge is 0.224 e. The van der Waals surface area contributed by atoms with E-state index in [1.54, 1.807) is 11.8 Å². The van der Waals surface area contributed by atoms with Crippen LogP contribution < -0.4 is 33.2 Å². The standard InChI is InChI=1S/C54H110N6O5S/c1-3-5-7-9-11-13-15-17-19-21-23-25-27-29-31-33-43-64-46-51(65-44-34-32-30-28-26-24-22-20-18-16-14-12-10-8-6-4-2)48-66-47-50(54(63)60-42-39-57)45-49(53(62)59-41-38-56)35-36-52(61)58-40-37-55/h49-51H,3-48,55-57H2,1-2H3,(H,58,61)(H,59,62)(H,60,63). The van der Waals surface area contributed by atoms with Gasteiger partial charge in [-0.3, -0.25) is 14.4 Å². The van der Waals surface area contributed by atoms with Gasteiger partial charge >= 0.3 is 0 Å². The summed E-state index contributed by atoms with van der Waals surface area (Å²) in [6.07, 6.45) is 43.8. The summed E-state index contributed by atoms with van der Waals surface area (Å²) in [6, 6.07) is 0. The van der Waals surface area contributed by atoms with Crippen molar-refractivity contribution in [3.05, 3.63) is 0 Å². The summed E-state index contributed by atoms with van der Waals surface area (Å²) < 4.78 is 12.7. The number of thioether (sulfide) groups is 1. The van der Waals surface area contributed by atoms with E-state index < -0.39 is 11.8 Å². The molecule has 0 heterocycles. The molecule has 0 bridgehead atoms. The molecule has 0 aromatic rings. The molecule has 0 radical (unpaired) electrons. The van der Waals surface area contributed by atoms with Crippen LogP contribution in [-0.4, -0.2) is 94.4 Å². The molecule has 0 aliphatic carbocycles. The van der Waals surface area contributed by atoms with Crippen LogP contribution in [-0.2, 0) is 23.9 Å². The first-order valence-electron chi connectivity index (χ1n) is 28.1. The quantitative estimate of drug-likeness (QED) is 0.0323. The largest absolute Gasteiger partial charge is 0.379 e. The van der Waals surface area contributed by atoms with Gasteiger partial charge in [-0.2, -0.15) is 11.8 Å². The molecule has 0 saturated heterocycles. The van der Waals surface area contributed by atoms with E-state index in [-0.39, 0.29) is 30.2 Å². The van der Waals surface area contributed by atoms with Gasteiger partial charge in [0.15, 0.2) is 0 Å². The van der Waals surface area contributed by atoms with Gasteiger partial charge in [-0.25, -0.2) is 0 Å². The fraction of sp³-hybridized carbons (Fsp3) is 0.944. The first-order valence-corrected chi connectivity index (χ1v) is 29.3. The van der Waals surface area contributed by atoms with E-state index >= 15 is 0 Å². The van der Waals surface area contributed by atoms with E-state index in [2.05, 4.69) is 29.8 Å². The molecule has 9 N–H and O–H groups in total. The van der Waals surface area contributed by atoms with Gasteiger partial charge in [0.1, 0.15) is 0 Å². The third-order valence-electron chi connectivity index (χ3n) is 12.8.